The monoisotopic (exact) mass is 174 g/mol. The topological polar surface area (TPSA) is 17.1 Å². The zero-order valence-electron chi connectivity index (χ0n) is 5.71. The minimum atomic E-state index is -1.89. The van der Waals surface area contributed by atoms with Gasteiger partial charge in [0.05, 0.1) is 0 Å². The summed E-state index contributed by atoms with van der Waals surface area (Å²) in [6, 6.07) is 0. The number of hydrogen-bond acceptors (Lipinski definition) is 2. The Hall–Kier alpha value is -0.0700. The van der Waals surface area contributed by atoms with Crippen LogP contribution in [-0.2, 0) is 19.7 Å². The molecule has 0 amide bonds. The lowest BCUT2D eigenvalue weighted by Gasteiger charge is -2.18. The standard InChI is InChI=1S/C7H10OS2/c1-2-7-3-5-10(8,9)6-4-7/h1,7H,3-6H2. The molecule has 0 aromatic carbocycles. The Morgan fingerprint density at radius 3 is 2.40 bits per heavy atom. The van der Waals surface area contributed by atoms with E-state index in [1.54, 1.807) is 0 Å². The lowest BCUT2D eigenvalue weighted by molar-refractivity contribution is 0.593. The molecule has 1 fully saturated rings. The van der Waals surface area contributed by atoms with Crippen molar-refractivity contribution in [3.63, 3.8) is 0 Å². The van der Waals surface area contributed by atoms with E-state index in [2.05, 4.69) is 5.92 Å². The van der Waals surface area contributed by atoms with E-state index >= 15 is 0 Å². The molecule has 0 aromatic rings. The van der Waals surface area contributed by atoms with E-state index < -0.39 is 8.49 Å². The van der Waals surface area contributed by atoms with Gasteiger partial charge in [-0.1, -0.05) is 0 Å². The summed E-state index contributed by atoms with van der Waals surface area (Å²) in [4.78, 5) is 0. The van der Waals surface area contributed by atoms with Crippen LogP contribution in [0.3, 0.4) is 0 Å². The van der Waals surface area contributed by atoms with Gasteiger partial charge < -0.3 is 0 Å². The first kappa shape index (κ1) is 8.03. The molecule has 56 valence electrons. The summed E-state index contributed by atoms with van der Waals surface area (Å²) < 4.78 is 11.2. The molecule has 0 unspecified atom stereocenters. The predicted octanol–water partition coefficient (Wildman–Crippen LogP) is 0.776. The van der Waals surface area contributed by atoms with Crippen LogP contribution >= 0.6 is 0 Å². The fraction of sp³-hybridized carbons (Fsp3) is 0.714. The second-order valence-corrected chi connectivity index (χ2v) is 6.72. The number of terminal acetylenes is 1. The molecule has 0 N–H and O–H groups in total. The molecule has 1 saturated heterocycles. The van der Waals surface area contributed by atoms with Gasteiger partial charge in [-0.05, 0) is 24.0 Å². The lowest BCUT2D eigenvalue weighted by atomic mass is 10.1. The van der Waals surface area contributed by atoms with Crippen LogP contribution in [-0.4, -0.2) is 15.7 Å². The van der Waals surface area contributed by atoms with E-state index in [9.17, 15) is 4.21 Å². The summed E-state index contributed by atoms with van der Waals surface area (Å²) >= 11 is 4.86. The second kappa shape index (κ2) is 2.89. The third kappa shape index (κ3) is 1.96. The minimum absolute atomic E-state index is 0.331. The molecule has 0 aromatic heterocycles. The second-order valence-electron chi connectivity index (χ2n) is 2.59. The molecule has 0 radical (unpaired) electrons. The molecule has 10 heavy (non-hydrogen) atoms. The van der Waals surface area contributed by atoms with Gasteiger partial charge in [0.1, 0.15) is 0 Å². The average Bonchev–Trinajstić information content (AvgIpc) is 1.88. The average molecular weight is 174 g/mol. The van der Waals surface area contributed by atoms with Crippen molar-refractivity contribution in [2.24, 2.45) is 5.92 Å². The van der Waals surface area contributed by atoms with E-state index in [1.165, 1.54) is 0 Å². The quantitative estimate of drug-likeness (QED) is 0.505. The number of hydrogen-bond donors (Lipinski definition) is 0. The first-order valence-electron chi connectivity index (χ1n) is 3.30. The maximum atomic E-state index is 11.2. The van der Waals surface area contributed by atoms with E-state index in [1.807, 2.05) is 0 Å². The van der Waals surface area contributed by atoms with Crippen molar-refractivity contribution < 1.29 is 4.21 Å². The highest BCUT2D eigenvalue weighted by Gasteiger charge is 2.18. The fourth-order valence-electron chi connectivity index (χ4n) is 1.06. The molecule has 1 rings (SSSR count). The van der Waals surface area contributed by atoms with Crippen molar-refractivity contribution in [1.29, 1.82) is 0 Å². The maximum absolute atomic E-state index is 11.2. The first-order chi connectivity index (χ1) is 4.64. The summed E-state index contributed by atoms with van der Waals surface area (Å²) in [6.07, 6.45) is 6.93. The predicted molar refractivity (Wildman–Crippen MR) is 46.8 cm³/mol. The highest BCUT2D eigenvalue weighted by atomic mass is 32.8. The van der Waals surface area contributed by atoms with Crippen LogP contribution in [0.25, 0.3) is 0 Å². The van der Waals surface area contributed by atoms with Gasteiger partial charge >= 0.3 is 0 Å². The number of rotatable bonds is 0. The Bertz CT molecular complexity index is 231. The van der Waals surface area contributed by atoms with Gasteiger partial charge in [-0.25, -0.2) is 0 Å². The molecule has 0 saturated carbocycles. The highest BCUT2D eigenvalue weighted by Crippen LogP contribution is 2.17. The normalized spacial score (nSPS) is 40.5. The van der Waals surface area contributed by atoms with Crippen LogP contribution in [0.15, 0.2) is 0 Å². The van der Waals surface area contributed by atoms with Crippen molar-refractivity contribution in [2.45, 2.75) is 12.8 Å². The lowest BCUT2D eigenvalue weighted by Crippen LogP contribution is -2.21. The van der Waals surface area contributed by atoms with Crippen molar-refractivity contribution in [2.75, 3.05) is 11.5 Å². The minimum Gasteiger partial charge on any atom is -0.257 e. The summed E-state index contributed by atoms with van der Waals surface area (Å²) in [6.45, 7) is 0. The van der Waals surface area contributed by atoms with Gasteiger partial charge in [0.25, 0.3) is 0 Å². The van der Waals surface area contributed by atoms with Crippen molar-refractivity contribution in [3.8, 4) is 12.3 Å². The molecule has 1 heterocycles. The van der Waals surface area contributed by atoms with Gasteiger partial charge in [-0.3, -0.25) is 4.21 Å². The van der Waals surface area contributed by atoms with Crippen molar-refractivity contribution in [3.05, 3.63) is 0 Å². The maximum Gasteiger partial charge on any atom is 0.0311 e. The van der Waals surface area contributed by atoms with Gasteiger partial charge in [-0.2, -0.15) is 0 Å². The van der Waals surface area contributed by atoms with Gasteiger partial charge in [0.15, 0.2) is 0 Å². The molecule has 1 aliphatic heterocycles. The van der Waals surface area contributed by atoms with E-state index in [0.717, 1.165) is 12.8 Å². The van der Waals surface area contributed by atoms with Crippen LogP contribution in [0.2, 0.25) is 0 Å². The van der Waals surface area contributed by atoms with Crippen LogP contribution in [0.5, 0.6) is 0 Å². The Balaban J connectivity index is 2.56. The molecule has 0 spiro atoms. The molecule has 0 aliphatic carbocycles. The molecular formula is C7H10OS2. The van der Waals surface area contributed by atoms with Crippen LogP contribution in [0.4, 0.5) is 0 Å². The smallest absolute Gasteiger partial charge is 0.0311 e. The summed E-state index contributed by atoms with van der Waals surface area (Å²) in [5.74, 6) is 4.30. The molecule has 1 aliphatic rings. The SMILES string of the molecule is C#CC1CCS(=O)(=S)CC1. The first-order valence-corrected chi connectivity index (χ1v) is 6.13. The Labute approximate surface area is 66.9 Å². The Morgan fingerprint density at radius 2 is 2.00 bits per heavy atom. The van der Waals surface area contributed by atoms with Crippen LogP contribution in [0.1, 0.15) is 12.8 Å². The molecule has 0 atom stereocenters. The van der Waals surface area contributed by atoms with E-state index in [-0.39, 0.29) is 0 Å². The molecule has 3 heteroatoms. The summed E-state index contributed by atoms with van der Waals surface area (Å²) in [5, 5.41) is 0. The van der Waals surface area contributed by atoms with E-state index in [0.29, 0.717) is 17.4 Å². The van der Waals surface area contributed by atoms with Crippen molar-refractivity contribution in [1.82, 2.24) is 0 Å². The molecule has 0 bridgehead atoms. The zero-order valence-corrected chi connectivity index (χ0v) is 7.34. The van der Waals surface area contributed by atoms with Crippen molar-refractivity contribution >= 4 is 19.7 Å². The fourth-order valence-corrected chi connectivity index (χ4v) is 3.13. The molecular weight excluding hydrogens is 164 g/mol. The Morgan fingerprint density at radius 1 is 1.50 bits per heavy atom. The van der Waals surface area contributed by atoms with E-state index in [4.69, 9.17) is 17.6 Å². The van der Waals surface area contributed by atoms with Crippen LogP contribution < -0.4 is 0 Å². The zero-order chi connectivity index (χ0) is 7.61. The largest absolute Gasteiger partial charge is 0.257 e. The highest BCUT2D eigenvalue weighted by molar-refractivity contribution is 8.32. The van der Waals surface area contributed by atoms with Gasteiger partial charge in [0.2, 0.25) is 0 Å². The summed E-state index contributed by atoms with van der Waals surface area (Å²) in [5.41, 5.74) is 0. The third-order valence-corrected chi connectivity index (χ3v) is 4.51. The Kier molecular flexibility index (Phi) is 2.32. The summed E-state index contributed by atoms with van der Waals surface area (Å²) in [7, 11) is -1.89. The third-order valence-electron chi connectivity index (χ3n) is 1.79. The van der Waals surface area contributed by atoms with Gasteiger partial charge in [-0.15, -0.1) is 12.3 Å². The van der Waals surface area contributed by atoms with Gasteiger partial charge in [0, 0.05) is 25.9 Å². The molecule has 1 nitrogen and oxygen atoms in total. The van der Waals surface area contributed by atoms with Crippen LogP contribution in [0, 0.1) is 18.3 Å².